The lowest BCUT2D eigenvalue weighted by Gasteiger charge is -1.84. The molecule has 0 aromatic rings. The van der Waals surface area contributed by atoms with Gasteiger partial charge in [-0.3, -0.25) is 4.79 Å². The predicted octanol–water partition coefficient (Wildman–Crippen LogP) is 0.902. The zero-order chi connectivity index (χ0) is 6.24. The van der Waals surface area contributed by atoms with Crippen molar-refractivity contribution in [1.29, 1.82) is 0 Å². The first kappa shape index (κ1) is 6.95. The molecule has 0 N–H and O–H groups in total. The standard InChI is InChI=1S/C6H8O2/c1-2-3-4-5-8-6-7/h2-4,6H,1,5H2/b4-3+. The Morgan fingerprint density at radius 1 is 1.62 bits per heavy atom. The molecule has 0 saturated heterocycles. The van der Waals surface area contributed by atoms with Gasteiger partial charge in [0.25, 0.3) is 6.47 Å². The molecule has 2 nitrogen and oxygen atoms in total. The maximum absolute atomic E-state index is 9.49. The molecule has 0 rings (SSSR count). The van der Waals surface area contributed by atoms with Gasteiger partial charge in [0.1, 0.15) is 6.61 Å². The molecule has 0 aliphatic rings. The molecular formula is C6H8O2. The summed E-state index contributed by atoms with van der Waals surface area (Å²) in [5.74, 6) is 0. The summed E-state index contributed by atoms with van der Waals surface area (Å²) in [5, 5.41) is 0. The molecule has 0 unspecified atom stereocenters. The Morgan fingerprint density at radius 2 is 2.38 bits per heavy atom. The number of allylic oxidation sites excluding steroid dienone is 2. The van der Waals surface area contributed by atoms with Crippen molar-refractivity contribution in [2.75, 3.05) is 6.61 Å². The number of hydrogen-bond donors (Lipinski definition) is 0. The highest BCUT2D eigenvalue weighted by Crippen LogP contribution is 1.72. The minimum Gasteiger partial charge on any atom is -0.464 e. The fourth-order valence-corrected chi connectivity index (χ4v) is 0.247. The van der Waals surface area contributed by atoms with Gasteiger partial charge in [-0.15, -0.1) is 0 Å². The fraction of sp³-hybridized carbons (Fsp3) is 0.167. The average molecular weight is 112 g/mol. The fourth-order valence-electron chi connectivity index (χ4n) is 0.247. The largest absolute Gasteiger partial charge is 0.464 e. The average Bonchev–Trinajstić information content (AvgIpc) is 1.81. The SMILES string of the molecule is C=C/C=C/COC=O. The Balaban J connectivity index is 3.02. The first-order chi connectivity index (χ1) is 3.91. The third-order valence-electron chi connectivity index (χ3n) is 0.533. The maximum Gasteiger partial charge on any atom is 0.293 e. The summed E-state index contributed by atoms with van der Waals surface area (Å²) in [4.78, 5) is 9.49. The number of rotatable bonds is 4. The van der Waals surface area contributed by atoms with E-state index in [2.05, 4.69) is 11.3 Å². The van der Waals surface area contributed by atoms with Crippen LogP contribution in [0.2, 0.25) is 0 Å². The van der Waals surface area contributed by atoms with Crippen LogP contribution in [0.15, 0.2) is 24.8 Å². The minimum absolute atomic E-state index is 0.329. The molecule has 0 saturated carbocycles. The summed E-state index contributed by atoms with van der Waals surface area (Å²) >= 11 is 0. The van der Waals surface area contributed by atoms with Gasteiger partial charge in [0.05, 0.1) is 0 Å². The van der Waals surface area contributed by atoms with E-state index in [1.807, 2.05) is 0 Å². The van der Waals surface area contributed by atoms with Crippen LogP contribution in [0, 0.1) is 0 Å². The second-order valence-electron chi connectivity index (χ2n) is 1.09. The lowest BCUT2D eigenvalue weighted by molar-refractivity contribution is -0.127. The molecule has 0 aliphatic heterocycles. The highest BCUT2D eigenvalue weighted by molar-refractivity contribution is 5.37. The smallest absolute Gasteiger partial charge is 0.293 e. The van der Waals surface area contributed by atoms with Crippen LogP contribution in [-0.4, -0.2) is 13.1 Å². The minimum atomic E-state index is 0.329. The van der Waals surface area contributed by atoms with Crippen molar-refractivity contribution in [2.24, 2.45) is 0 Å². The summed E-state index contributed by atoms with van der Waals surface area (Å²) in [6.07, 6.45) is 5.03. The molecule has 0 aromatic carbocycles. The van der Waals surface area contributed by atoms with Crippen LogP contribution < -0.4 is 0 Å². The molecule has 0 aliphatic carbocycles. The molecular weight excluding hydrogens is 104 g/mol. The molecule has 0 amide bonds. The molecule has 0 fully saturated rings. The van der Waals surface area contributed by atoms with Crippen LogP contribution in [0.3, 0.4) is 0 Å². The van der Waals surface area contributed by atoms with Crippen molar-refractivity contribution in [3.8, 4) is 0 Å². The Hall–Kier alpha value is -1.05. The van der Waals surface area contributed by atoms with Gasteiger partial charge < -0.3 is 4.74 Å². The van der Waals surface area contributed by atoms with E-state index in [0.29, 0.717) is 13.1 Å². The summed E-state index contributed by atoms with van der Waals surface area (Å²) in [5.41, 5.74) is 0. The van der Waals surface area contributed by atoms with E-state index in [4.69, 9.17) is 0 Å². The molecule has 0 spiro atoms. The van der Waals surface area contributed by atoms with Gasteiger partial charge in [0.15, 0.2) is 0 Å². The summed E-state index contributed by atoms with van der Waals surface area (Å²) < 4.78 is 4.32. The van der Waals surface area contributed by atoms with Crippen molar-refractivity contribution >= 4 is 6.47 Å². The van der Waals surface area contributed by atoms with E-state index in [-0.39, 0.29) is 0 Å². The van der Waals surface area contributed by atoms with Crippen molar-refractivity contribution in [2.45, 2.75) is 0 Å². The molecule has 0 bridgehead atoms. The normalized spacial score (nSPS) is 9.00. The molecule has 0 aromatic heterocycles. The van der Waals surface area contributed by atoms with Crippen LogP contribution in [0.25, 0.3) is 0 Å². The molecule has 2 heteroatoms. The van der Waals surface area contributed by atoms with Crippen LogP contribution in [0.4, 0.5) is 0 Å². The molecule has 44 valence electrons. The summed E-state index contributed by atoms with van der Waals surface area (Å²) in [6, 6.07) is 0. The maximum atomic E-state index is 9.49. The number of ether oxygens (including phenoxy) is 1. The van der Waals surface area contributed by atoms with Crippen LogP contribution in [-0.2, 0) is 9.53 Å². The Labute approximate surface area is 48.5 Å². The van der Waals surface area contributed by atoms with Gasteiger partial charge in [-0.2, -0.15) is 0 Å². The second-order valence-corrected chi connectivity index (χ2v) is 1.09. The van der Waals surface area contributed by atoms with Gasteiger partial charge >= 0.3 is 0 Å². The van der Waals surface area contributed by atoms with E-state index in [1.165, 1.54) is 0 Å². The first-order valence-corrected chi connectivity index (χ1v) is 2.24. The van der Waals surface area contributed by atoms with Gasteiger partial charge in [-0.1, -0.05) is 18.7 Å². The summed E-state index contributed by atoms with van der Waals surface area (Å²) in [6.45, 7) is 4.17. The van der Waals surface area contributed by atoms with E-state index in [1.54, 1.807) is 18.2 Å². The Kier molecular flexibility index (Phi) is 5.17. The highest BCUT2D eigenvalue weighted by atomic mass is 16.5. The van der Waals surface area contributed by atoms with Crippen molar-refractivity contribution in [3.05, 3.63) is 24.8 Å². The Bertz CT molecular complexity index is 94.7. The molecule has 8 heavy (non-hydrogen) atoms. The van der Waals surface area contributed by atoms with Gasteiger partial charge in [-0.05, 0) is 6.08 Å². The van der Waals surface area contributed by atoms with Crippen LogP contribution in [0.5, 0.6) is 0 Å². The number of carbonyl (C=O) groups excluding carboxylic acids is 1. The molecule has 0 heterocycles. The molecule has 0 radical (unpaired) electrons. The lowest BCUT2D eigenvalue weighted by Crippen LogP contribution is -1.84. The quantitative estimate of drug-likeness (QED) is 0.307. The highest BCUT2D eigenvalue weighted by Gasteiger charge is 1.69. The summed E-state index contributed by atoms with van der Waals surface area (Å²) in [7, 11) is 0. The first-order valence-electron chi connectivity index (χ1n) is 2.24. The van der Waals surface area contributed by atoms with E-state index in [9.17, 15) is 4.79 Å². The van der Waals surface area contributed by atoms with E-state index >= 15 is 0 Å². The van der Waals surface area contributed by atoms with Crippen LogP contribution >= 0.6 is 0 Å². The number of hydrogen-bond acceptors (Lipinski definition) is 2. The third kappa shape index (κ3) is 4.95. The predicted molar refractivity (Wildman–Crippen MR) is 31.4 cm³/mol. The van der Waals surface area contributed by atoms with Crippen molar-refractivity contribution in [3.63, 3.8) is 0 Å². The second kappa shape index (κ2) is 5.95. The lowest BCUT2D eigenvalue weighted by atomic mass is 10.5. The topological polar surface area (TPSA) is 26.3 Å². The number of carbonyl (C=O) groups is 1. The van der Waals surface area contributed by atoms with Crippen molar-refractivity contribution in [1.82, 2.24) is 0 Å². The molecule has 0 atom stereocenters. The zero-order valence-corrected chi connectivity index (χ0v) is 4.54. The van der Waals surface area contributed by atoms with Gasteiger partial charge in [0.2, 0.25) is 0 Å². The third-order valence-corrected chi connectivity index (χ3v) is 0.533. The van der Waals surface area contributed by atoms with E-state index < -0.39 is 0 Å². The van der Waals surface area contributed by atoms with Gasteiger partial charge in [-0.25, -0.2) is 0 Å². The van der Waals surface area contributed by atoms with Crippen LogP contribution in [0.1, 0.15) is 0 Å². The van der Waals surface area contributed by atoms with Gasteiger partial charge in [0, 0.05) is 0 Å². The zero-order valence-electron chi connectivity index (χ0n) is 4.54. The monoisotopic (exact) mass is 112 g/mol. The van der Waals surface area contributed by atoms with E-state index in [0.717, 1.165) is 0 Å². The van der Waals surface area contributed by atoms with Crippen molar-refractivity contribution < 1.29 is 9.53 Å². The Morgan fingerprint density at radius 3 is 2.88 bits per heavy atom.